The van der Waals surface area contributed by atoms with E-state index in [1.54, 1.807) is 0 Å². The van der Waals surface area contributed by atoms with Gasteiger partial charge in [0.1, 0.15) is 17.9 Å². The number of carbonyl (C=O) groups is 2. The number of benzene rings is 1. The fourth-order valence-corrected chi connectivity index (χ4v) is 3.34. The molecule has 32 heavy (non-hydrogen) atoms. The zero-order valence-corrected chi connectivity index (χ0v) is 17.7. The van der Waals surface area contributed by atoms with E-state index in [0.717, 1.165) is 0 Å². The molecule has 3 rings (SSSR count). The zero-order chi connectivity index (χ0) is 23.3. The van der Waals surface area contributed by atoms with Crippen molar-refractivity contribution in [3.05, 3.63) is 60.0 Å². The first-order valence-corrected chi connectivity index (χ1v) is 10.1. The van der Waals surface area contributed by atoms with Crippen LogP contribution in [-0.4, -0.2) is 56.1 Å². The Morgan fingerprint density at radius 2 is 2.12 bits per heavy atom. The highest BCUT2D eigenvalue weighted by atomic mass is 19.1. The van der Waals surface area contributed by atoms with E-state index in [1.807, 2.05) is 13.8 Å². The van der Waals surface area contributed by atoms with Crippen molar-refractivity contribution in [1.82, 2.24) is 14.9 Å². The number of amides is 2. The lowest BCUT2D eigenvalue weighted by Crippen LogP contribution is -2.46. The normalized spacial score (nSPS) is 15.5. The first kappa shape index (κ1) is 23.3. The molecule has 10 heteroatoms. The predicted molar refractivity (Wildman–Crippen MR) is 113 cm³/mol. The minimum Gasteiger partial charge on any atom is -0.457 e. The highest BCUT2D eigenvalue weighted by Gasteiger charge is 2.35. The molecular formula is C22H25FN4O5. The van der Waals surface area contributed by atoms with Crippen LogP contribution in [0.1, 0.15) is 31.9 Å². The van der Waals surface area contributed by atoms with Gasteiger partial charge in [-0.05, 0) is 18.4 Å². The maximum atomic E-state index is 14.7. The molecule has 0 spiro atoms. The van der Waals surface area contributed by atoms with Crippen molar-refractivity contribution in [2.75, 3.05) is 18.5 Å². The lowest BCUT2D eigenvalue weighted by atomic mass is 10.0. The van der Waals surface area contributed by atoms with Gasteiger partial charge in [-0.15, -0.1) is 0 Å². The molecule has 9 nitrogen and oxygen atoms in total. The van der Waals surface area contributed by atoms with Crippen LogP contribution in [0.5, 0.6) is 5.75 Å². The standard InChI is InChI=1S/C22H25FN4O5/c1-13(2)8-16(22(31)26-19-10-24-6-7-25-19)27-11-14(9-20(27)30)32-18-5-3-4-15(21(18)23)17(29)12-28/h3-7,9-10,13,16-17,28-29H,8,11-12H2,1-2H3,(H,25,26,31)/t16-,17?/m0/s1. The summed E-state index contributed by atoms with van der Waals surface area (Å²) in [7, 11) is 0. The summed E-state index contributed by atoms with van der Waals surface area (Å²) in [5, 5.41) is 21.5. The van der Waals surface area contributed by atoms with Crippen molar-refractivity contribution < 1.29 is 28.9 Å². The number of carbonyl (C=O) groups excluding carboxylic acids is 2. The van der Waals surface area contributed by atoms with Crippen LogP contribution in [0, 0.1) is 11.7 Å². The Balaban J connectivity index is 1.75. The summed E-state index contributed by atoms with van der Waals surface area (Å²) < 4.78 is 20.2. The molecule has 0 radical (unpaired) electrons. The number of aliphatic hydroxyl groups is 2. The van der Waals surface area contributed by atoms with Gasteiger partial charge in [0.15, 0.2) is 17.4 Å². The van der Waals surface area contributed by atoms with Gasteiger partial charge in [0.2, 0.25) is 5.91 Å². The number of aliphatic hydroxyl groups excluding tert-OH is 2. The minimum atomic E-state index is -1.39. The van der Waals surface area contributed by atoms with Crippen molar-refractivity contribution in [2.45, 2.75) is 32.4 Å². The summed E-state index contributed by atoms with van der Waals surface area (Å²) >= 11 is 0. The van der Waals surface area contributed by atoms with Crippen LogP contribution < -0.4 is 10.1 Å². The van der Waals surface area contributed by atoms with Crippen LogP contribution in [0.3, 0.4) is 0 Å². The van der Waals surface area contributed by atoms with Crippen molar-refractivity contribution in [3.8, 4) is 5.75 Å². The van der Waals surface area contributed by atoms with E-state index in [9.17, 15) is 19.1 Å². The molecule has 0 saturated carbocycles. The minimum absolute atomic E-state index is 0.0314. The Bertz CT molecular complexity index is 999. The van der Waals surface area contributed by atoms with E-state index in [2.05, 4.69) is 15.3 Å². The third kappa shape index (κ3) is 5.45. The van der Waals surface area contributed by atoms with E-state index in [-0.39, 0.29) is 35.4 Å². The molecule has 1 aromatic carbocycles. The molecular weight excluding hydrogens is 419 g/mol. The van der Waals surface area contributed by atoms with Crippen LogP contribution in [-0.2, 0) is 9.59 Å². The van der Waals surface area contributed by atoms with Crippen LogP contribution in [0.2, 0.25) is 0 Å². The van der Waals surface area contributed by atoms with Gasteiger partial charge in [0, 0.05) is 24.0 Å². The first-order chi connectivity index (χ1) is 15.3. The number of hydrogen-bond donors (Lipinski definition) is 3. The smallest absolute Gasteiger partial charge is 0.251 e. The molecule has 0 bridgehead atoms. The van der Waals surface area contributed by atoms with E-state index >= 15 is 0 Å². The maximum absolute atomic E-state index is 14.7. The van der Waals surface area contributed by atoms with Crippen LogP contribution in [0.4, 0.5) is 10.2 Å². The Morgan fingerprint density at radius 1 is 1.34 bits per heavy atom. The zero-order valence-electron chi connectivity index (χ0n) is 17.7. The number of nitrogens with zero attached hydrogens (tertiary/aromatic N) is 3. The van der Waals surface area contributed by atoms with E-state index in [4.69, 9.17) is 9.84 Å². The van der Waals surface area contributed by atoms with Crippen molar-refractivity contribution >= 4 is 17.6 Å². The Labute approximate surface area is 184 Å². The second-order valence-electron chi connectivity index (χ2n) is 7.76. The van der Waals surface area contributed by atoms with Crippen LogP contribution in [0.15, 0.2) is 48.6 Å². The topological polar surface area (TPSA) is 125 Å². The van der Waals surface area contributed by atoms with Gasteiger partial charge in [-0.25, -0.2) is 9.37 Å². The molecule has 0 saturated heterocycles. The summed E-state index contributed by atoms with van der Waals surface area (Å²) in [6, 6.07) is 3.36. The number of halogens is 1. The van der Waals surface area contributed by atoms with E-state index in [0.29, 0.717) is 6.42 Å². The molecule has 1 unspecified atom stereocenters. The molecule has 0 fully saturated rings. The molecule has 1 aliphatic rings. The Morgan fingerprint density at radius 3 is 2.78 bits per heavy atom. The monoisotopic (exact) mass is 444 g/mol. The average Bonchev–Trinajstić information content (AvgIpc) is 3.13. The third-order valence-corrected chi connectivity index (χ3v) is 4.85. The van der Waals surface area contributed by atoms with Crippen molar-refractivity contribution in [2.24, 2.45) is 5.92 Å². The molecule has 2 aromatic rings. The van der Waals surface area contributed by atoms with Gasteiger partial charge in [-0.1, -0.05) is 26.0 Å². The summed E-state index contributed by atoms with van der Waals surface area (Å²) in [6.07, 6.45) is 4.53. The molecule has 0 aliphatic carbocycles. The predicted octanol–water partition coefficient (Wildman–Crippen LogP) is 1.80. The second kappa shape index (κ2) is 10.3. The molecule has 2 amide bonds. The lowest BCUT2D eigenvalue weighted by molar-refractivity contribution is -0.133. The number of nitrogens with one attached hydrogen (secondary N) is 1. The first-order valence-electron chi connectivity index (χ1n) is 10.1. The third-order valence-electron chi connectivity index (χ3n) is 4.85. The fraction of sp³-hybridized carbons (Fsp3) is 0.364. The van der Waals surface area contributed by atoms with Gasteiger partial charge >= 0.3 is 0 Å². The molecule has 1 aromatic heterocycles. The number of aromatic nitrogens is 2. The second-order valence-corrected chi connectivity index (χ2v) is 7.76. The van der Waals surface area contributed by atoms with Gasteiger partial charge in [-0.2, -0.15) is 0 Å². The van der Waals surface area contributed by atoms with Crippen molar-refractivity contribution in [1.29, 1.82) is 0 Å². The average molecular weight is 444 g/mol. The number of rotatable bonds is 9. The molecule has 3 N–H and O–H groups in total. The fourth-order valence-electron chi connectivity index (χ4n) is 3.34. The quantitative estimate of drug-likeness (QED) is 0.539. The number of hydrogen-bond acceptors (Lipinski definition) is 7. The molecule has 2 atom stereocenters. The SMILES string of the molecule is CC(C)C[C@@H](C(=O)Nc1cnccn1)N1CC(Oc2cccc(C(O)CO)c2F)=CC1=O. The van der Waals surface area contributed by atoms with Gasteiger partial charge in [0.25, 0.3) is 5.91 Å². The summed E-state index contributed by atoms with van der Waals surface area (Å²) in [4.78, 5) is 34.8. The van der Waals surface area contributed by atoms with Gasteiger partial charge < -0.3 is 25.2 Å². The van der Waals surface area contributed by atoms with Crippen LogP contribution >= 0.6 is 0 Å². The Kier molecular flexibility index (Phi) is 7.49. The molecule has 2 heterocycles. The highest BCUT2D eigenvalue weighted by molar-refractivity contribution is 5.99. The highest BCUT2D eigenvalue weighted by Crippen LogP contribution is 2.28. The van der Waals surface area contributed by atoms with E-state index < -0.39 is 36.4 Å². The molecule has 1 aliphatic heterocycles. The Hall–Kier alpha value is -3.37. The van der Waals surface area contributed by atoms with E-state index in [1.165, 1.54) is 47.8 Å². The van der Waals surface area contributed by atoms with Gasteiger partial charge in [-0.3, -0.25) is 14.6 Å². The summed E-state index contributed by atoms with van der Waals surface area (Å²) in [6.45, 7) is 3.19. The molecule has 170 valence electrons. The largest absolute Gasteiger partial charge is 0.457 e. The number of anilines is 1. The van der Waals surface area contributed by atoms with Gasteiger partial charge in [0.05, 0.1) is 19.3 Å². The maximum Gasteiger partial charge on any atom is 0.251 e. The number of ether oxygens (including phenoxy) is 1. The van der Waals surface area contributed by atoms with Crippen LogP contribution in [0.25, 0.3) is 0 Å². The summed E-state index contributed by atoms with van der Waals surface area (Å²) in [5.74, 6) is -1.35. The lowest BCUT2D eigenvalue weighted by Gasteiger charge is -2.28. The summed E-state index contributed by atoms with van der Waals surface area (Å²) in [5.41, 5.74) is -0.118. The van der Waals surface area contributed by atoms with Crippen molar-refractivity contribution in [3.63, 3.8) is 0 Å².